The molecule has 1 aliphatic rings. The van der Waals surface area contributed by atoms with Gasteiger partial charge in [-0.2, -0.15) is 22.0 Å². The summed E-state index contributed by atoms with van der Waals surface area (Å²) in [6, 6.07) is 4.84. The van der Waals surface area contributed by atoms with Crippen molar-refractivity contribution in [2.45, 2.75) is 12.6 Å². The molecule has 0 atom stereocenters. The molecular weight excluding hydrogens is 378 g/mol. The van der Waals surface area contributed by atoms with E-state index >= 15 is 0 Å². The number of carbonyl (C=O) groups excluding carboxylic acids is 1. The minimum absolute atomic E-state index is 0.0652. The lowest BCUT2D eigenvalue weighted by Gasteiger charge is -2.35. The second-order valence-corrected chi connectivity index (χ2v) is 5.94. The van der Waals surface area contributed by atoms with Crippen LogP contribution in [-0.2, 0) is 15.7 Å². The molecule has 0 bridgehead atoms. The van der Waals surface area contributed by atoms with Gasteiger partial charge in [0.15, 0.2) is 5.83 Å². The Kier molecular flexibility index (Phi) is 7.11. The molecule has 27 heavy (non-hydrogen) atoms. The third-order valence-electron chi connectivity index (χ3n) is 4.07. The Bertz CT molecular complexity index is 663. The van der Waals surface area contributed by atoms with E-state index in [9.17, 15) is 31.1 Å². The summed E-state index contributed by atoms with van der Waals surface area (Å²) in [5.74, 6) is -2.25. The van der Waals surface area contributed by atoms with Crippen molar-refractivity contribution in [3.63, 3.8) is 0 Å². The third kappa shape index (κ3) is 6.46. The van der Waals surface area contributed by atoms with Crippen LogP contribution in [0.15, 0.2) is 36.2 Å². The van der Waals surface area contributed by atoms with E-state index in [2.05, 4.69) is 0 Å². The smallest absolute Gasteiger partial charge is 0.416 e. The van der Waals surface area contributed by atoms with Crippen molar-refractivity contribution in [1.29, 1.82) is 0 Å². The number of ether oxygens (including phenoxy) is 1. The number of benzene rings is 1. The molecule has 1 aromatic carbocycles. The van der Waals surface area contributed by atoms with Crippen LogP contribution in [0.5, 0.6) is 0 Å². The molecule has 0 aliphatic carbocycles. The quantitative estimate of drug-likeness (QED) is 0.541. The Hall–Kier alpha value is -2.23. The van der Waals surface area contributed by atoms with Gasteiger partial charge in [0.05, 0.1) is 18.7 Å². The zero-order valence-corrected chi connectivity index (χ0v) is 14.2. The summed E-state index contributed by atoms with van der Waals surface area (Å²) in [4.78, 5) is 15.3. The highest BCUT2D eigenvalue weighted by molar-refractivity contribution is 5.71. The van der Waals surface area contributed by atoms with Gasteiger partial charge in [0, 0.05) is 38.3 Å². The minimum atomic E-state index is -4.38. The molecule has 0 saturated carbocycles. The van der Waals surface area contributed by atoms with Crippen LogP contribution in [0.1, 0.15) is 12.0 Å². The number of carbonyl (C=O) groups is 1. The van der Waals surface area contributed by atoms with Gasteiger partial charge in [0.25, 0.3) is 0 Å². The van der Waals surface area contributed by atoms with Crippen molar-refractivity contribution in [2.24, 2.45) is 0 Å². The monoisotopic (exact) mass is 396 g/mol. The first kappa shape index (κ1) is 21.1. The maximum Gasteiger partial charge on any atom is 0.416 e. The standard InChI is InChI=1S/C17H18F6N2O2/c18-14(16(19)20)5-10-27-15(26)11-24-6-8-25(9-7-24)13-3-1-12(2-4-13)17(21,22)23/h1-4H,5-11H2. The molecule has 0 aromatic heterocycles. The van der Waals surface area contributed by atoms with Crippen LogP contribution >= 0.6 is 0 Å². The molecule has 1 saturated heterocycles. The Labute approximate surface area is 152 Å². The second kappa shape index (κ2) is 9.12. The molecule has 1 aromatic rings. The number of rotatable bonds is 6. The highest BCUT2D eigenvalue weighted by Crippen LogP contribution is 2.30. The van der Waals surface area contributed by atoms with E-state index < -0.39 is 42.6 Å². The summed E-state index contributed by atoms with van der Waals surface area (Å²) in [5.41, 5.74) is -0.0627. The number of hydrogen-bond donors (Lipinski definition) is 0. The summed E-state index contributed by atoms with van der Waals surface area (Å²) in [6.07, 6.45) is -7.48. The number of halogens is 6. The van der Waals surface area contributed by atoms with Crippen molar-refractivity contribution in [3.8, 4) is 0 Å². The maximum atomic E-state index is 12.6. The molecule has 0 spiro atoms. The third-order valence-corrected chi connectivity index (χ3v) is 4.07. The van der Waals surface area contributed by atoms with Gasteiger partial charge in [-0.25, -0.2) is 4.39 Å². The van der Waals surface area contributed by atoms with Crippen LogP contribution in [0.25, 0.3) is 0 Å². The van der Waals surface area contributed by atoms with E-state index in [4.69, 9.17) is 4.74 Å². The summed E-state index contributed by atoms with van der Waals surface area (Å²) in [6.45, 7) is 1.43. The van der Waals surface area contributed by atoms with E-state index in [0.29, 0.717) is 31.9 Å². The van der Waals surface area contributed by atoms with Crippen LogP contribution in [0.2, 0.25) is 0 Å². The van der Waals surface area contributed by atoms with Crippen LogP contribution in [0, 0.1) is 0 Å². The Morgan fingerprint density at radius 1 is 1.00 bits per heavy atom. The molecule has 1 aliphatic heterocycles. The Morgan fingerprint density at radius 3 is 2.11 bits per heavy atom. The molecular formula is C17H18F6N2O2. The average Bonchev–Trinajstić information content (AvgIpc) is 2.61. The fourth-order valence-electron chi connectivity index (χ4n) is 2.60. The molecule has 2 rings (SSSR count). The molecule has 1 heterocycles. The first-order chi connectivity index (χ1) is 12.7. The zero-order valence-electron chi connectivity index (χ0n) is 14.2. The lowest BCUT2D eigenvalue weighted by molar-refractivity contribution is -0.145. The Balaban J connectivity index is 1.75. The normalized spacial score (nSPS) is 15.6. The van der Waals surface area contributed by atoms with E-state index in [0.717, 1.165) is 12.1 Å². The molecule has 0 unspecified atom stereocenters. The van der Waals surface area contributed by atoms with Gasteiger partial charge >= 0.3 is 18.2 Å². The van der Waals surface area contributed by atoms with Gasteiger partial charge in [-0.1, -0.05) is 0 Å². The zero-order chi connectivity index (χ0) is 20.0. The minimum Gasteiger partial charge on any atom is -0.464 e. The predicted molar refractivity (Wildman–Crippen MR) is 86.0 cm³/mol. The van der Waals surface area contributed by atoms with E-state index in [1.54, 1.807) is 4.90 Å². The second-order valence-electron chi connectivity index (χ2n) is 5.94. The predicted octanol–water partition coefficient (Wildman–Crippen LogP) is 3.84. The van der Waals surface area contributed by atoms with Gasteiger partial charge < -0.3 is 9.64 Å². The fraction of sp³-hybridized carbons (Fsp3) is 0.471. The molecule has 1 fully saturated rings. The number of anilines is 1. The van der Waals surface area contributed by atoms with Crippen LogP contribution in [-0.4, -0.2) is 50.2 Å². The fourth-order valence-corrected chi connectivity index (χ4v) is 2.60. The van der Waals surface area contributed by atoms with E-state index in [1.165, 1.54) is 12.1 Å². The van der Waals surface area contributed by atoms with E-state index in [1.807, 2.05) is 4.90 Å². The number of alkyl halides is 3. The average molecular weight is 396 g/mol. The molecule has 10 heteroatoms. The topological polar surface area (TPSA) is 32.8 Å². The number of hydrogen-bond acceptors (Lipinski definition) is 4. The number of nitrogens with zero attached hydrogens (tertiary/aromatic N) is 2. The van der Waals surface area contributed by atoms with Crippen LogP contribution < -0.4 is 4.90 Å². The molecule has 0 amide bonds. The summed E-state index contributed by atoms with van der Waals surface area (Å²) < 4.78 is 78.8. The van der Waals surface area contributed by atoms with Gasteiger partial charge in [0.2, 0.25) is 0 Å². The van der Waals surface area contributed by atoms with Crippen LogP contribution in [0.3, 0.4) is 0 Å². The van der Waals surface area contributed by atoms with E-state index in [-0.39, 0.29) is 6.54 Å². The number of piperazine rings is 1. The number of esters is 1. The van der Waals surface area contributed by atoms with Crippen molar-refractivity contribution < 1.29 is 35.9 Å². The lowest BCUT2D eigenvalue weighted by atomic mass is 10.1. The molecule has 150 valence electrons. The van der Waals surface area contributed by atoms with Crippen molar-refractivity contribution in [3.05, 3.63) is 41.7 Å². The summed E-state index contributed by atoms with van der Waals surface area (Å²) in [7, 11) is 0. The van der Waals surface area contributed by atoms with Crippen molar-refractivity contribution >= 4 is 11.7 Å². The molecule has 0 N–H and O–H groups in total. The highest BCUT2D eigenvalue weighted by Gasteiger charge is 2.30. The molecule has 0 radical (unpaired) electrons. The van der Waals surface area contributed by atoms with Crippen LogP contribution in [0.4, 0.5) is 32.0 Å². The van der Waals surface area contributed by atoms with Gasteiger partial charge in [-0.3, -0.25) is 9.69 Å². The largest absolute Gasteiger partial charge is 0.464 e. The first-order valence-electron chi connectivity index (χ1n) is 8.16. The summed E-state index contributed by atoms with van der Waals surface area (Å²) in [5, 5.41) is 0. The lowest BCUT2D eigenvalue weighted by Crippen LogP contribution is -2.48. The van der Waals surface area contributed by atoms with Crippen molar-refractivity contribution in [2.75, 3.05) is 44.2 Å². The molecule has 4 nitrogen and oxygen atoms in total. The van der Waals surface area contributed by atoms with Gasteiger partial charge in [0.1, 0.15) is 0 Å². The highest BCUT2D eigenvalue weighted by atomic mass is 19.4. The maximum absolute atomic E-state index is 12.6. The Morgan fingerprint density at radius 2 is 1.59 bits per heavy atom. The van der Waals surface area contributed by atoms with Gasteiger partial charge in [-0.05, 0) is 24.3 Å². The van der Waals surface area contributed by atoms with Gasteiger partial charge in [-0.15, -0.1) is 0 Å². The summed E-state index contributed by atoms with van der Waals surface area (Å²) >= 11 is 0. The van der Waals surface area contributed by atoms with Crippen molar-refractivity contribution in [1.82, 2.24) is 4.90 Å². The first-order valence-corrected chi connectivity index (χ1v) is 8.16. The SMILES string of the molecule is O=C(CN1CCN(c2ccc(C(F)(F)F)cc2)CC1)OCCC(F)=C(F)F.